The van der Waals surface area contributed by atoms with E-state index in [-0.39, 0.29) is 42.7 Å². The number of carbonyl (C=O) groups excluding carboxylic acids is 3. The van der Waals surface area contributed by atoms with Crippen LogP contribution in [0, 0.1) is 0 Å². The average molecular weight is 896 g/mol. The van der Waals surface area contributed by atoms with Gasteiger partial charge in [0.1, 0.15) is 12.6 Å². The molecule has 2 unspecified atom stereocenters. The number of quaternary nitrogens is 1. The van der Waals surface area contributed by atoms with E-state index in [0.29, 0.717) is 12.8 Å². The van der Waals surface area contributed by atoms with Crippen LogP contribution in [0.2, 0.25) is 0 Å². The monoisotopic (exact) mass is 896 g/mol. The molecule has 64 heavy (non-hydrogen) atoms. The number of rotatable bonds is 46. The molecular formula is C56H97NO7. The van der Waals surface area contributed by atoms with Crippen LogP contribution in [-0.2, 0) is 28.6 Å². The highest BCUT2D eigenvalue weighted by Crippen LogP contribution is 2.14. The number of hydrogen-bond donors (Lipinski definition) is 0. The summed E-state index contributed by atoms with van der Waals surface area (Å²) in [5.74, 6) is -1.76. The number of ether oxygens (including phenoxy) is 3. The number of hydrogen-bond acceptors (Lipinski definition) is 7. The van der Waals surface area contributed by atoms with Gasteiger partial charge in [-0.15, -0.1) is 0 Å². The molecule has 0 aliphatic rings. The van der Waals surface area contributed by atoms with Gasteiger partial charge in [-0.2, -0.15) is 0 Å². The molecule has 0 heterocycles. The zero-order valence-corrected chi connectivity index (χ0v) is 41.9. The zero-order chi connectivity index (χ0) is 47.0. The van der Waals surface area contributed by atoms with Crippen molar-refractivity contribution in [1.82, 2.24) is 0 Å². The molecule has 0 aromatic carbocycles. The quantitative estimate of drug-likeness (QED) is 0.0259. The summed E-state index contributed by atoms with van der Waals surface area (Å²) < 4.78 is 17.2. The van der Waals surface area contributed by atoms with E-state index in [9.17, 15) is 19.5 Å². The fourth-order valence-corrected chi connectivity index (χ4v) is 7.33. The van der Waals surface area contributed by atoms with Crippen molar-refractivity contribution in [1.29, 1.82) is 0 Å². The lowest BCUT2D eigenvalue weighted by Gasteiger charge is -2.34. The molecule has 0 rings (SSSR count). The normalized spacial score (nSPS) is 13.5. The average Bonchev–Trinajstić information content (AvgIpc) is 3.26. The van der Waals surface area contributed by atoms with Crippen molar-refractivity contribution in [2.45, 2.75) is 225 Å². The molecule has 8 heteroatoms. The van der Waals surface area contributed by atoms with Crippen molar-refractivity contribution < 1.29 is 38.2 Å². The number of carbonyl (C=O) groups is 3. The summed E-state index contributed by atoms with van der Waals surface area (Å²) in [5, 5.41) is 11.7. The molecule has 0 aliphatic carbocycles. The first kappa shape index (κ1) is 60.8. The van der Waals surface area contributed by atoms with Crippen molar-refractivity contribution in [2.24, 2.45) is 0 Å². The first-order valence-corrected chi connectivity index (χ1v) is 26.0. The molecule has 0 aromatic heterocycles. The fourth-order valence-electron chi connectivity index (χ4n) is 7.33. The van der Waals surface area contributed by atoms with E-state index in [1.54, 1.807) is 21.1 Å². The van der Waals surface area contributed by atoms with E-state index in [1.807, 2.05) is 0 Å². The number of nitrogens with zero attached hydrogens (tertiary/aromatic N) is 1. The van der Waals surface area contributed by atoms with E-state index in [1.165, 1.54) is 96.3 Å². The van der Waals surface area contributed by atoms with Gasteiger partial charge in [-0.3, -0.25) is 9.59 Å². The summed E-state index contributed by atoms with van der Waals surface area (Å²) in [6.07, 6.45) is 59.3. The third-order valence-corrected chi connectivity index (χ3v) is 11.3. The molecule has 0 bridgehead atoms. The third-order valence-electron chi connectivity index (χ3n) is 11.3. The molecule has 8 nitrogen and oxygen atoms in total. The van der Waals surface area contributed by atoms with E-state index in [4.69, 9.17) is 14.2 Å². The Morgan fingerprint density at radius 3 is 1.30 bits per heavy atom. The molecule has 2 atom stereocenters. The number of carboxylic acids is 1. The Bertz CT molecular complexity index is 1270. The standard InChI is InChI=1S/C56H97NO7/c1-6-8-10-12-14-16-18-20-22-24-26-27-29-30-32-34-36-38-40-42-44-46-54(58)63-51-52(50-62-49-48-53(56(60)61)57(3,4)5)64-55(59)47-45-43-41-39-37-35-33-31-28-25-23-21-19-17-15-13-11-9-7-2/h9,11,15,17-18,20-21,23-24,26,28,31,52-53H,6-8,10,12-14,16,19,22,25,27,29-30,32-51H2,1-5H3/b11-9-,17-15-,20-18-,23-21-,26-24-,31-28-. The Hall–Kier alpha value is -3.23. The largest absolute Gasteiger partial charge is 0.544 e. The highest BCUT2D eigenvalue weighted by atomic mass is 16.6. The lowest BCUT2D eigenvalue weighted by Crippen LogP contribution is -2.55. The highest BCUT2D eigenvalue weighted by molar-refractivity contribution is 5.70. The van der Waals surface area contributed by atoms with Crippen LogP contribution in [0.1, 0.15) is 213 Å². The van der Waals surface area contributed by atoms with E-state index >= 15 is 0 Å². The van der Waals surface area contributed by atoms with Gasteiger partial charge in [-0.05, 0) is 83.5 Å². The van der Waals surface area contributed by atoms with E-state index in [2.05, 4.69) is 86.8 Å². The number of esters is 2. The molecule has 0 N–H and O–H groups in total. The van der Waals surface area contributed by atoms with Crippen LogP contribution >= 0.6 is 0 Å². The van der Waals surface area contributed by atoms with E-state index < -0.39 is 18.1 Å². The number of unbranched alkanes of at least 4 members (excludes halogenated alkanes) is 20. The molecule has 0 radical (unpaired) electrons. The lowest BCUT2D eigenvalue weighted by molar-refractivity contribution is -0.889. The fraction of sp³-hybridized carbons (Fsp3) is 0.732. The number of likely N-dealkylation sites (N-methyl/N-ethyl adjacent to an activating group) is 1. The maximum Gasteiger partial charge on any atom is 0.306 e. The summed E-state index contributed by atoms with van der Waals surface area (Å²) >= 11 is 0. The van der Waals surface area contributed by atoms with Gasteiger partial charge in [0, 0.05) is 19.3 Å². The Morgan fingerprint density at radius 1 is 0.484 bits per heavy atom. The van der Waals surface area contributed by atoms with Crippen LogP contribution in [0.15, 0.2) is 72.9 Å². The van der Waals surface area contributed by atoms with Crippen LogP contribution in [0.5, 0.6) is 0 Å². The third kappa shape index (κ3) is 44.0. The zero-order valence-electron chi connectivity index (χ0n) is 41.9. The van der Waals surface area contributed by atoms with Crippen LogP contribution in [0.4, 0.5) is 0 Å². The van der Waals surface area contributed by atoms with Crippen molar-refractivity contribution in [3.8, 4) is 0 Å². The minimum Gasteiger partial charge on any atom is -0.544 e. The van der Waals surface area contributed by atoms with Gasteiger partial charge < -0.3 is 28.6 Å². The van der Waals surface area contributed by atoms with Gasteiger partial charge >= 0.3 is 11.9 Å². The molecule has 0 spiro atoms. The van der Waals surface area contributed by atoms with Gasteiger partial charge in [0.05, 0.1) is 40.3 Å². The Balaban J connectivity index is 4.28. The molecule has 0 saturated carbocycles. The first-order valence-electron chi connectivity index (χ1n) is 26.0. The predicted octanol–water partition coefficient (Wildman–Crippen LogP) is 13.8. The van der Waals surface area contributed by atoms with Crippen LogP contribution in [-0.4, -0.2) is 75.5 Å². The van der Waals surface area contributed by atoms with Crippen molar-refractivity contribution in [2.75, 3.05) is 41.0 Å². The second-order valence-corrected chi connectivity index (χ2v) is 18.4. The number of aliphatic carboxylic acids is 1. The molecule has 0 fully saturated rings. The maximum absolute atomic E-state index is 12.8. The summed E-state index contributed by atoms with van der Waals surface area (Å²) in [4.78, 5) is 37.1. The Kier molecular flexibility index (Phi) is 44.0. The van der Waals surface area contributed by atoms with Crippen molar-refractivity contribution in [3.63, 3.8) is 0 Å². The number of allylic oxidation sites excluding steroid dienone is 12. The summed E-state index contributed by atoms with van der Waals surface area (Å²) in [5.41, 5.74) is 0. The molecule has 0 amide bonds. The van der Waals surface area contributed by atoms with Gasteiger partial charge in [0.25, 0.3) is 0 Å². The summed E-state index contributed by atoms with van der Waals surface area (Å²) in [6.45, 7) is 4.53. The van der Waals surface area contributed by atoms with E-state index in [0.717, 1.165) is 83.5 Å². The molecule has 368 valence electrons. The molecule has 0 aromatic rings. The van der Waals surface area contributed by atoms with Crippen LogP contribution < -0.4 is 5.11 Å². The predicted molar refractivity (Wildman–Crippen MR) is 268 cm³/mol. The van der Waals surface area contributed by atoms with Crippen LogP contribution in [0.3, 0.4) is 0 Å². The Labute approximate surface area is 393 Å². The maximum atomic E-state index is 12.8. The lowest BCUT2D eigenvalue weighted by atomic mass is 10.1. The Morgan fingerprint density at radius 2 is 0.875 bits per heavy atom. The highest BCUT2D eigenvalue weighted by Gasteiger charge is 2.25. The molecular weight excluding hydrogens is 799 g/mol. The van der Waals surface area contributed by atoms with Gasteiger partial charge in [-0.25, -0.2) is 0 Å². The first-order chi connectivity index (χ1) is 31.1. The SMILES string of the molecule is CC/C=C\C/C=C\C/C=C\C/C=C\CCCCCCCCC(=O)OC(COCCC(C(=O)[O-])[N+](C)(C)C)COC(=O)CCCCCCCCCCC/C=C\C/C=C\CCCCCCC. The minimum atomic E-state index is -1.13. The minimum absolute atomic E-state index is 0.0306. The second-order valence-electron chi connectivity index (χ2n) is 18.4. The molecule has 0 saturated heterocycles. The van der Waals surface area contributed by atoms with Gasteiger partial charge in [-0.1, -0.05) is 183 Å². The smallest absolute Gasteiger partial charge is 0.306 e. The number of carboxylic acid groups (broad SMARTS) is 1. The molecule has 0 aliphatic heterocycles. The summed E-state index contributed by atoms with van der Waals surface area (Å²) in [7, 11) is 5.41. The van der Waals surface area contributed by atoms with Crippen LogP contribution in [0.25, 0.3) is 0 Å². The van der Waals surface area contributed by atoms with Gasteiger partial charge in [0.15, 0.2) is 6.10 Å². The van der Waals surface area contributed by atoms with Crippen molar-refractivity contribution >= 4 is 17.9 Å². The van der Waals surface area contributed by atoms with Crippen molar-refractivity contribution in [3.05, 3.63) is 72.9 Å². The topological polar surface area (TPSA) is 102 Å². The summed E-state index contributed by atoms with van der Waals surface area (Å²) in [6, 6.07) is -0.733. The second kappa shape index (κ2) is 46.3. The van der Waals surface area contributed by atoms with Gasteiger partial charge in [0.2, 0.25) is 0 Å².